The van der Waals surface area contributed by atoms with Crippen molar-refractivity contribution in [2.24, 2.45) is 5.92 Å². The number of hydrogen-bond acceptors (Lipinski definition) is 4. The molecule has 0 aliphatic carbocycles. The molecule has 8 heteroatoms. The third kappa shape index (κ3) is 2.79. The Morgan fingerprint density at radius 2 is 2.10 bits per heavy atom. The van der Waals surface area contributed by atoms with E-state index in [0.717, 1.165) is 6.07 Å². The molecular weight excluding hydrogens is 266 g/mol. The second-order valence-corrected chi connectivity index (χ2v) is 4.93. The van der Waals surface area contributed by atoms with E-state index in [-0.39, 0.29) is 18.0 Å². The predicted molar refractivity (Wildman–Crippen MR) is 68.3 cm³/mol. The summed E-state index contributed by atoms with van der Waals surface area (Å²) in [5.74, 6) is -1.57. The normalized spacial score (nSPS) is 21.9. The van der Waals surface area contributed by atoms with Crippen molar-refractivity contribution in [2.45, 2.75) is 25.8 Å². The predicted octanol–water partition coefficient (Wildman–Crippen LogP) is -1.07. The Morgan fingerprint density at radius 3 is 2.70 bits per heavy atom. The maximum absolute atomic E-state index is 12.1. The van der Waals surface area contributed by atoms with E-state index in [9.17, 15) is 19.2 Å². The standard InChI is InChI=1S/C12H15N3O5/c1-6-2-3-15(10(6)11(18)19)9(17)5-7-4-8(16)14-12(20)13-7/h4,6,10H,2-3,5H2,1H3,(H,18,19)(H2,13,14,16,20). The second-order valence-electron chi connectivity index (χ2n) is 4.93. The zero-order valence-corrected chi connectivity index (χ0v) is 10.9. The van der Waals surface area contributed by atoms with Crippen LogP contribution >= 0.6 is 0 Å². The zero-order valence-electron chi connectivity index (χ0n) is 10.9. The summed E-state index contributed by atoms with van der Waals surface area (Å²) >= 11 is 0. The van der Waals surface area contributed by atoms with Gasteiger partial charge in [0.15, 0.2) is 0 Å². The molecule has 2 rings (SSSR count). The van der Waals surface area contributed by atoms with E-state index in [1.807, 2.05) is 4.98 Å². The molecule has 108 valence electrons. The van der Waals surface area contributed by atoms with Crippen LogP contribution in [-0.2, 0) is 16.0 Å². The smallest absolute Gasteiger partial charge is 0.326 e. The molecule has 0 spiro atoms. The van der Waals surface area contributed by atoms with Crippen LogP contribution in [-0.4, -0.2) is 44.4 Å². The number of H-pyrrole nitrogens is 2. The fourth-order valence-corrected chi connectivity index (χ4v) is 2.48. The van der Waals surface area contributed by atoms with Crippen LogP contribution in [0.15, 0.2) is 15.7 Å². The lowest BCUT2D eigenvalue weighted by molar-refractivity contribution is -0.149. The van der Waals surface area contributed by atoms with Crippen molar-refractivity contribution in [3.8, 4) is 0 Å². The van der Waals surface area contributed by atoms with Crippen LogP contribution in [0.1, 0.15) is 19.0 Å². The van der Waals surface area contributed by atoms with Crippen LogP contribution in [0.5, 0.6) is 0 Å². The highest BCUT2D eigenvalue weighted by molar-refractivity contribution is 5.85. The van der Waals surface area contributed by atoms with E-state index in [1.54, 1.807) is 6.92 Å². The molecule has 1 aromatic rings. The summed E-state index contributed by atoms with van der Waals surface area (Å²) < 4.78 is 0. The van der Waals surface area contributed by atoms with Crippen LogP contribution in [0.25, 0.3) is 0 Å². The van der Waals surface area contributed by atoms with Gasteiger partial charge < -0.3 is 15.0 Å². The maximum Gasteiger partial charge on any atom is 0.326 e. The number of nitrogens with one attached hydrogen (secondary N) is 2. The number of carbonyl (C=O) groups excluding carboxylic acids is 1. The minimum atomic E-state index is -1.04. The van der Waals surface area contributed by atoms with Gasteiger partial charge in [0.25, 0.3) is 5.56 Å². The molecule has 8 nitrogen and oxygen atoms in total. The maximum atomic E-state index is 12.1. The molecule has 1 fully saturated rings. The summed E-state index contributed by atoms with van der Waals surface area (Å²) in [6.07, 6.45) is 0.421. The van der Waals surface area contributed by atoms with Gasteiger partial charge in [0.1, 0.15) is 6.04 Å². The lowest BCUT2D eigenvalue weighted by Gasteiger charge is -2.23. The molecular formula is C12H15N3O5. The molecule has 2 unspecified atom stereocenters. The molecule has 1 amide bonds. The van der Waals surface area contributed by atoms with Gasteiger partial charge in [0, 0.05) is 18.3 Å². The van der Waals surface area contributed by atoms with Crippen molar-refractivity contribution < 1.29 is 14.7 Å². The van der Waals surface area contributed by atoms with Gasteiger partial charge in [0.05, 0.1) is 6.42 Å². The van der Waals surface area contributed by atoms with Crippen LogP contribution in [0, 0.1) is 5.92 Å². The Balaban J connectivity index is 2.17. The number of amides is 1. The minimum Gasteiger partial charge on any atom is -0.480 e. The Bertz CT molecular complexity index is 619. The molecule has 20 heavy (non-hydrogen) atoms. The van der Waals surface area contributed by atoms with E-state index in [4.69, 9.17) is 5.11 Å². The van der Waals surface area contributed by atoms with E-state index in [0.29, 0.717) is 13.0 Å². The number of rotatable bonds is 3. The molecule has 1 aromatic heterocycles. The van der Waals surface area contributed by atoms with Gasteiger partial charge in [-0.05, 0) is 12.3 Å². The molecule has 0 saturated carbocycles. The van der Waals surface area contributed by atoms with Gasteiger partial charge in [-0.1, -0.05) is 6.92 Å². The lowest BCUT2D eigenvalue weighted by Crippen LogP contribution is -2.43. The molecule has 0 radical (unpaired) electrons. The summed E-state index contributed by atoms with van der Waals surface area (Å²) in [6.45, 7) is 2.14. The van der Waals surface area contributed by atoms with E-state index in [2.05, 4.69) is 4.98 Å². The Morgan fingerprint density at radius 1 is 1.40 bits per heavy atom. The highest BCUT2D eigenvalue weighted by Gasteiger charge is 2.39. The molecule has 1 aliphatic heterocycles. The fourth-order valence-electron chi connectivity index (χ4n) is 2.48. The molecule has 1 aliphatic rings. The zero-order chi connectivity index (χ0) is 14.9. The summed E-state index contributed by atoms with van der Waals surface area (Å²) in [7, 11) is 0. The molecule has 0 aromatic carbocycles. The third-order valence-electron chi connectivity index (χ3n) is 3.43. The van der Waals surface area contributed by atoms with Gasteiger partial charge >= 0.3 is 11.7 Å². The van der Waals surface area contributed by atoms with Gasteiger partial charge in [-0.3, -0.25) is 14.6 Å². The summed E-state index contributed by atoms with van der Waals surface area (Å²) in [6, 6.07) is 0.269. The van der Waals surface area contributed by atoms with Crippen LogP contribution in [0.3, 0.4) is 0 Å². The van der Waals surface area contributed by atoms with E-state index >= 15 is 0 Å². The average molecular weight is 281 g/mol. The van der Waals surface area contributed by atoms with Crippen molar-refractivity contribution in [3.05, 3.63) is 32.6 Å². The van der Waals surface area contributed by atoms with Gasteiger partial charge in [-0.25, -0.2) is 9.59 Å². The number of nitrogens with zero attached hydrogens (tertiary/aromatic N) is 1. The Kier molecular flexibility index (Phi) is 3.73. The van der Waals surface area contributed by atoms with Crippen molar-refractivity contribution in [2.75, 3.05) is 6.54 Å². The molecule has 2 atom stereocenters. The van der Waals surface area contributed by atoms with E-state index < -0.39 is 29.2 Å². The number of hydrogen-bond donors (Lipinski definition) is 3. The van der Waals surface area contributed by atoms with E-state index in [1.165, 1.54) is 4.90 Å². The van der Waals surface area contributed by atoms with Crippen molar-refractivity contribution in [3.63, 3.8) is 0 Å². The molecule has 0 bridgehead atoms. The highest BCUT2D eigenvalue weighted by atomic mass is 16.4. The SMILES string of the molecule is CC1CCN(C(=O)Cc2cc(=O)[nH]c(=O)[nH]2)C1C(=O)O. The largest absolute Gasteiger partial charge is 0.480 e. The topological polar surface area (TPSA) is 123 Å². The number of carboxylic acid groups (broad SMARTS) is 1. The Hall–Kier alpha value is -2.38. The Labute approximate surface area is 113 Å². The van der Waals surface area contributed by atoms with Crippen LogP contribution < -0.4 is 11.2 Å². The van der Waals surface area contributed by atoms with Crippen molar-refractivity contribution in [1.82, 2.24) is 14.9 Å². The van der Waals surface area contributed by atoms with Gasteiger partial charge in [-0.2, -0.15) is 0 Å². The number of aromatic amines is 2. The lowest BCUT2D eigenvalue weighted by atomic mass is 10.0. The molecule has 2 heterocycles. The van der Waals surface area contributed by atoms with Crippen molar-refractivity contribution >= 4 is 11.9 Å². The van der Waals surface area contributed by atoms with Crippen molar-refractivity contribution in [1.29, 1.82) is 0 Å². The monoisotopic (exact) mass is 281 g/mol. The first kappa shape index (κ1) is 14.0. The number of aromatic nitrogens is 2. The quantitative estimate of drug-likeness (QED) is 0.650. The van der Waals surface area contributed by atoms with Gasteiger partial charge in [-0.15, -0.1) is 0 Å². The summed E-state index contributed by atoms with van der Waals surface area (Å²) in [4.78, 5) is 51.2. The summed E-state index contributed by atoms with van der Waals surface area (Å²) in [5, 5.41) is 9.15. The number of carboxylic acids is 1. The average Bonchev–Trinajstić information content (AvgIpc) is 2.69. The number of likely N-dealkylation sites (tertiary alicyclic amines) is 1. The molecule has 3 N–H and O–H groups in total. The first-order chi connectivity index (χ1) is 9.38. The molecule has 1 saturated heterocycles. The third-order valence-corrected chi connectivity index (χ3v) is 3.43. The van der Waals surface area contributed by atoms with Gasteiger partial charge in [0.2, 0.25) is 5.91 Å². The highest BCUT2D eigenvalue weighted by Crippen LogP contribution is 2.24. The first-order valence-corrected chi connectivity index (χ1v) is 6.23. The minimum absolute atomic E-state index is 0.116. The number of carbonyl (C=O) groups is 2. The second kappa shape index (κ2) is 5.32. The van der Waals surface area contributed by atoms with Crippen LogP contribution in [0.4, 0.5) is 0 Å². The fraction of sp³-hybridized carbons (Fsp3) is 0.500. The first-order valence-electron chi connectivity index (χ1n) is 6.23. The summed E-state index contributed by atoms with van der Waals surface area (Å²) in [5.41, 5.74) is -1.11. The number of aliphatic carboxylic acids is 1. The van der Waals surface area contributed by atoms with Crippen LogP contribution in [0.2, 0.25) is 0 Å².